The first-order valence-electron chi connectivity index (χ1n) is 8.68. The van der Waals surface area contributed by atoms with Gasteiger partial charge in [-0.2, -0.15) is 0 Å². The Morgan fingerprint density at radius 1 is 1.04 bits per heavy atom. The van der Waals surface area contributed by atoms with Crippen LogP contribution in [0.15, 0.2) is 0 Å². The van der Waals surface area contributed by atoms with E-state index in [1.54, 1.807) is 0 Å². The lowest BCUT2D eigenvalue weighted by Crippen LogP contribution is -2.53. The molecule has 0 bridgehead atoms. The Morgan fingerprint density at radius 3 is 2.28 bits per heavy atom. The van der Waals surface area contributed by atoms with Crippen molar-refractivity contribution in [3.8, 4) is 0 Å². The molecule has 3 aliphatic rings. The third-order valence-corrected chi connectivity index (χ3v) is 4.17. The third kappa shape index (κ3) is 4.25. The fourth-order valence-corrected chi connectivity index (χ4v) is 3.34. The molecule has 3 aliphatic heterocycles. The molecule has 25 heavy (non-hydrogen) atoms. The highest BCUT2D eigenvalue weighted by Crippen LogP contribution is 2.40. The minimum atomic E-state index is -0.777. The zero-order valence-corrected chi connectivity index (χ0v) is 16.0. The zero-order valence-electron chi connectivity index (χ0n) is 16.0. The summed E-state index contributed by atoms with van der Waals surface area (Å²) in [5.74, 6) is -1.47. The summed E-state index contributed by atoms with van der Waals surface area (Å²) >= 11 is 0. The van der Waals surface area contributed by atoms with Crippen LogP contribution in [0.25, 0.3) is 0 Å². The van der Waals surface area contributed by atoms with Gasteiger partial charge in [0, 0.05) is 0 Å². The summed E-state index contributed by atoms with van der Waals surface area (Å²) in [5.41, 5.74) is -0.598. The Kier molecular flexibility index (Phi) is 4.57. The summed E-state index contributed by atoms with van der Waals surface area (Å²) in [6.07, 6.45) is -2.35. The molecule has 0 saturated carbocycles. The van der Waals surface area contributed by atoms with Crippen LogP contribution in [0.1, 0.15) is 48.5 Å². The van der Waals surface area contributed by atoms with Gasteiger partial charge in [0.05, 0.1) is 12.6 Å². The molecule has 3 fully saturated rings. The number of rotatable bonds is 2. The van der Waals surface area contributed by atoms with Crippen LogP contribution in [0.4, 0.5) is 4.79 Å². The topological polar surface area (TPSA) is 84.5 Å². The first-order valence-corrected chi connectivity index (χ1v) is 8.68. The number of hydrogen-bond acceptors (Lipinski definition) is 7. The number of ether oxygens (including phenoxy) is 6. The van der Waals surface area contributed by atoms with Crippen molar-refractivity contribution in [3.63, 3.8) is 0 Å². The van der Waals surface area contributed by atoms with E-state index in [4.69, 9.17) is 28.4 Å². The van der Waals surface area contributed by atoms with E-state index in [0.717, 1.165) is 0 Å². The molecule has 3 saturated heterocycles. The molecule has 144 valence electrons. The SMILES string of the molecule is CC(C)(C)OC(=O)N[C@@H]1[C@H]2OC(C)(C)O[C@H]2O[C@@H]1[C@H]1COC(C)(C)O1. The number of amides is 1. The highest BCUT2D eigenvalue weighted by atomic mass is 16.8. The number of hydrogen-bond donors (Lipinski definition) is 1. The number of carbonyl (C=O) groups is 1. The molecule has 0 aromatic rings. The number of nitrogens with one attached hydrogen (secondary N) is 1. The Labute approximate surface area is 148 Å². The summed E-state index contributed by atoms with van der Waals surface area (Å²) in [4.78, 5) is 12.3. The first-order chi connectivity index (χ1) is 11.4. The van der Waals surface area contributed by atoms with Crippen LogP contribution in [-0.2, 0) is 28.4 Å². The van der Waals surface area contributed by atoms with Crippen molar-refractivity contribution in [3.05, 3.63) is 0 Å². The van der Waals surface area contributed by atoms with Gasteiger partial charge in [0.15, 0.2) is 17.9 Å². The molecule has 3 rings (SSSR count). The lowest BCUT2D eigenvalue weighted by atomic mass is 10.0. The van der Waals surface area contributed by atoms with Crippen LogP contribution in [0.5, 0.6) is 0 Å². The second kappa shape index (κ2) is 6.06. The fourth-order valence-electron chi connectivity index (χ4n) is 3.34. The molecular formula is C17H29NO7. The molecule has 8 heteroatoms. The van der Waals surface area contributed by atoms with E-state index in [-0.39, 0.29) is 6.10 Å². The van der Waals surface area contributed by atoms with E-state index in [1.165, 1.54) is 0 Å². The average Bonchev–Trinajstić information content (AvgIpc) is 2.99. The van der Waals surface area contributed by atoms with Crippen molar-refractivity contribution in [2.24, 2.45) is 0 Å². The van der Waals surface area contributed by atoms with E-state index in [9.17, 15) is 4.79 Å². The molecule has 0 aliphatic carbocycles. The second-order valence-electron chi connectivity index (χ2n) is 8.61. The molecule has 0 unspecified atom stereocenters. The highest BCUT2D eigenvalue weighted by molar-refractivity contribution is 5.68. The summed E-state index contributed by atoms with van der Waals surface area (Å²) in [7, 11) is 0. The minimum absolute atomic E-state index is 0.337. The third-order valence-electron chi connectivity index (χ3n) is 4.17. The molecule has 0 aromatic heterocycles. The lowest BCUT2D eigenvalue weighted by Gasteiger charge is -2.30. The average molecular weight is 359 g/mol. The van der Waals surface area contributed by atoms with Crippen LogP contribution in [0.2, 0.25) is 0 Å². The predicted octanol–water partition coefficient (Wildman–Crippen LogP) is 1.91. The summed E-state index contributed by atoms with van der Waals surface area (Å²) in [6, 6.07) is -0.468. The van der Waals surface area contributed by atoms with Crippen LogP contribution >= 0.6 is 0 Å². The van der Waals surface area contributed by atoms with Crippen molar-refractivity contribution < 1.29 is 33.2 Å². The van der Waals surface area contributed by atoms with Crippen molar-refractivity contribution in [1.29, 1.82) is 0 Å². The summed E-state index contributed by atoms with van der Waals surface area (Å²) in [6.45, 7) is 13.1. The van der Waals surface area contributed by atoms with E-state index in [2.05, 4.69) is 5.32 Å². The van der Waals surface area contributed by atoms with Gasteiger partial charge in [-0.15, -0.1) is 0 Å². The fraction of sp³-hybridized carbons (Fsp3) is 0.941. The van der Waals surface area contributed by atoms with Gasteiger partial charge < -0.3 is 33.7 Å². The molecule has 5 atom stereocenters. The van der Waals surface area contributed by atoms with Gasteiger partial charge in [0.2, 0.25) is 0 Å². The minimum Gasteiger partial charge on any atom is -0.444 e. The van der Waals surface area contributed by atoms with Gasteiger partial charge in [-0.1, -0.05) is 0 Å². The van der Waals surface area contributed by atoms with Crippen molar-refractivity contribution in [2.45, 2.75) is 96.3 Å². The smallest absolute Gasteiger partial charge is 0.408 e. The predicted molar refractivity (Wildman–Crippen MR) is 86.8 cm³/mol. The Hall–Kier alpha value is -0.930. The lowest BCUT2D eigenvalue weighted by molar-refractivity contribution is -0.223. The quantitative estimate of drug-likeness (QED) is 0.806. The van der Waals surface area contributed by atoms with Gasteiger partial charge in [-0.3, -0.25) is 0 Å². The Balaban J connectivity index is 1.74. The highest BCUT2D eigenvalue weighted by Gasteiger charge is 2.58. The molecule has 1 amide bonds. The normalized spacial score (nSPS) is 39.2. The van der Waals surface area contributed by atoms with Crippen LogP contribution < -0.4 is 5.32 Å². The van der Waals surface area contributed by atoms with Gasteiger partial charge in [-0.25, -0.2) is 4.79 Å². The maximum atomic E-state index is 12.3. The van der Waals surface area contributed by atoms with E-state index < -0.39 is 47.8 Å². The molecule has 1 N–H and O–H groups in total. The van der Waals surface area contributed by atoms with Crippen LogP contribution in [0.3, 0.4) is 0 Å². The van der Waals surface area contributed by atoms with Crippen molar-refractivity contribution in [2.75, 3.05) is 6.61 Å². The number of carbonyl (C=O) groups excluding carboxylic acids is 1. The monoisotopic (exact) mass is 359 g/mol. The molecule has 8 nitrogen and oxygen atoms in total. The largest absolute Gasteiger partial charge is 0.444 e. The maximum Gasteiger partial charge on any atom is 0.408 e. The molecular weight excluding hydrogens is 330 g/mol. The second-order valence-corrected chi connectivity index (χ2v) is 8.61. The number of alkyl carbamates (subject to hydrolysis) is 1. The summed E-state index contributed by atoms with van der Waals surface area (Å²) in [5, 5.41) is 2.87. The molecule has 0 spiro atoms. The molecule has 0 aromatic carbocycles. The van der Waals surface area contributed by atoms with Crippen LogP contribution in [-0.4, -0.2) is 60.5 Å². The van der Waals surface area contributed by atoms with Gasteiger partial charge in [0.1, 0.15) is 23.9 Å². The van der Waals surface area contributed by atoms with Crippen molar-refractivity contribution in [1.82, 2.24) is 5.32 Å². The van der Waals surface area contributed by atoms with E-state index in [0.29, 0.717) is 6.61 Å². The standard InChI is InChI=1S/C17H29NO7/c1-15(2,3)25-14(19)18-10-11(9-8-20-16(4,5)22-9)21-13-12(10)23-17(6,7)24-13/h9-13H,8H2,1-7H3,(H,18,19)/t9-,10+,11-,12-,13-/m1/s1. The van der Waals surface area contributed by atoms with E-state index in [1.807, 2.05) is 48.5 Å². The summed E-state index contributed by atoms with van der Waals surface area (Å²) < 4.78 is 34.7. The Morgan fingerprint density at radius 2 is 1.72 bits per heavy atom. The maximum absolute atomic E-state index is 12.3. The van der Waals surface area contributed by atoms with Crippen LogP contribution in [0, 0.1) is 0 Å². The zero-order chi connectivity index (χ0) is 18.6. The molecule has 3 heterocycles. The van der Waals surface area contributed by atoms with Gasteiger partial charge >= 0.3 is 6.09 Å². The number of fused-ring (bicyclic) bond motifs is 1. The van der Waals surface area contributed by atoms with Crippen molar-refractivity contribution >= 4 is 6.09 Å². The molecule has 0 radical (unpaired) electrons. The van der Waals surface area contributed by atoms with Gasteiger partial charge in [-0.05, 0) is 48.5 Å². The van der Waals surface area contributed by atoms with E-state index >= 15 is 0 Å². The van der Waals surface area contributed by atoms with Gasteiger partial charge in [0.25, 0.3) is 0 Å². The first kappa shape index (κ1) is 18.8. The Bertz CT molecular complexity index is 528.